The monoisotopic (exact) mass is 285 g/mol. The van der Waals surface area contributed by atoms with E-state index in [-0.39, 0.29) is 22.3 Å². The molecule has 1 aliphatic rings. The van der Waals surface area contributed by atoms with Gasteiger partial charge in [-0.05, 0) is 31.0 Å². The van der Waals surface area contributed by atoms with Crippen molar-refractivity contribution in [2.45, 2.75) is 45.4 Å². The quantitative estimate of drug-likeness (QED) is 0.905. The summed E-state index contributed by atoms with van der Waals surface area (Å²) in [7, 11) is 1.76. The third-order valence-corrected chi connectivity index (χ3v) is 4.65. The van der Waals surface area contributed by atoms with E-state index >= 15 is 0 Å². The molecule has 1 saturated carbocycles. The number of halogens is 2. The fraction of sp³-hybridized carbons (Fsp3) is 0.600. The first-order valence-corrected chi connectivity index (χ1v) is 6.98. The summed E-state index contributed by atoms with van der Waals surface area (Å²) < 4.78 is 18.6. The van der Waals surface area contributed by atoms with Gasteiger partial charge in [0.05, 0.1) is 11.1 Å². The Labute approximate surface area is 119 Å². The van der Waals surface area contributed by atoms with E-state index in [0.29, 0.717) is 12.1 Å². The average molecular weight is 286 g/mol. The number of methoxy groups -OCH3 is 1. The second-order valence-corrected chi connectivity index (χ2v) is 6.30. The van der Waals surface area contributed by atoms with E-state index < -0.39 is 0 Å². The van der Waals surface area contributed by atoms with Gasteiger partial charge in [-0.1, -0.05) is 31.5 Å². The minimum absolute atomic E-state index is 0.118. The van der Waals surface area contributed by atoms with Gasteiger partial charge in [0.1, 0.15) is 5.82 Å². The zero-order chi connectivity index (χ0) is 14.2. The predicted molar refractivity (Wildman–Crippen MR) is 75.9 cm³/mol. The second kappa shape index (κ2) is 5.39. The Morgan fingerprint density at radius 2 is 2.16 bits per heavy atom. The van der Waals surface area contributed by atoms with Crippen molar-refractivity contribution < 1.29 is 9.13 Å². The first kappa shape index (κ1) is 14.8. The number of nitrogens with one attached hydrogen (secondary N) is 1. The molecule has 1 aromatic rings. The lowest BCUT2D eigenvalue weighted by atomic mass is 9.64. The van der Waals surface area contributed by atoms with Crippen molar-refractivity contribution in [3.8, 4) is 0 Å². The molecule has 0 amide bonds. The van der Waals surface area contributed by atoms with Crippen LogP contribution in [0.25, 0.3) is 0 Å². The van der Waals surface area contributed by atoms with Crippen molar-refractivity contribution in [2.75, 3.05) is 7.11 Å². The summed E-state index contributed by atoms with van der Waals surface area (Å²) >= 11 is 5.82. The van der Waals surface area contributed by atoms with Crippen molar-refractivity contribution in [3.63, 3.8) is 0 Å². The van der Waals surface area contributed by atoms with Crippen LogP contribution in [0.3, 0.4) is 0 Å². The topological polar surface area (TPSA) is 21.3 Å². The van der Waals surface area contributed by atoms with Crippen molar-refractivity contribution in [1.82, 2.24) is 5.32 Å². The Bertz CT molecular complexity index is 463. The molecule has 2 rings (SSSR count). The van der Waals surface area contributed by atoms with Crippen LogP contribution in [0.15, 0.2) is 18.2 Å². The van der Waals surface area contributed by atoms with Gasteiger partial charge in [0, 0.05) is 24.6 Å². The molecule has 1 N–H and O–H groups in total. The van der Waals surface area contributed by atoms with Crippen LogP contribution in [0.2, 0.25) is 5.02 Å². The minimum atomic E-state index is -0.374. The summed E-state index contributed by atoms with van der Waals surface area (Å²) in [6, 6.07) is 5.42. The summed E-state index contributed by atoms with van der Waals surface area (Å²) in [5, 5.41) is 3.75. The molecule has 1 aromatic carbocycles. The van der Waals surface area contributed by atoms with E-state index in [1.807, 2.05) is 0 Å². The smallest absolute Gasteiger partial charge is 0.141 e. The zero-order valence-corrected chi connectivity index (χ0v) is 12.6. The molecule has 19 heavy (non-hydrogen) atoms. The molecule has 3 atom stereocenters. The van der Waals surface area contributed by atoms with Crippen LogP contribution in [0.4, 0.5) is 4.39 Å². The van der Waals surface area contributed by atoms with Crippen LogP contribution in [0, 0.1) is 11.2 Å². The third kappa shape index (κ3) is 2.78. The molecule has 1 aliphatic carbocycles. The normalized spacial score (nSPS) is 26.8. The number of hydrogen-bond acceptors (Lipinski definition) is 2. The van der Waals surface area contributed by atoms with Crippen molar-refractivity contribution in [2.24, 2.45) is 5.41 Å². The zero-order valence-electron chi connectivity index (χ0n) is 11.8. The summed E-state index contributed by atoms with van der Waals surface area (Å²) in [4.78, 5) is 0. The summed E-state index contributed by atoms with van der Waals surface area (Å²) in [5.41, 5.74) is 1.12. The molecule has 0 radical (unpaired) electrons. The number of ether oxygens (including phenoxy) is 1. The van der Waals surface area contributed by atoms with E-state index in [9.17, 15) is 4.39 Å². The second-order valence-electron chi connectivity index (χ2n) is 5.90. The molecule has 2 nitrogen and oxygen atoms in total. The molecule has 3 unspecified atom stereocenters. The lowest BCUT2D eigenvalue weighted by Crippen LogP contribution is -2.60. The highest BCUT2D eigenvalue weighted by atomic mass is 35.5. The molecule has 0 bridgehead atoms. The van der Waals surface area contributed by atoms with Crippen molar-refractivity contribution >= 4 is 11.6 Å². The Morgan fingerprint density at radius 1 is 1.47 bits per heavy atom. The Balaban J connectivity index is 2.02. The summed E-state index contributed by atoms with van der Waals surface area (Å²) in [6.07, 6.45) is 1.30. The van der Waals surface area contributed by atoms with Gasteiger partial charge in [0.2, 0.25) is 0 Å². The van der Waals surface area contributed by atoms with Crippen LogP contribution in [0.1, 0.15) is 38.8 Å². The van der Waals surface area contributed by atoms with Crippen LogP contribution >= 0.6 is 11.6 Å². The lowest BCUT2D eigenvalue weighted by molar-refractivity contribution is -0.0999. The molecule has 0 aromatic heterocycles. The fourth-order valence-corrected chi connectivity index (χ4v) is 2.94. The maximum absolute atomic E-state index is 13.2. The molecule has 4 heteroatoms. The standard InChI is InChI=1S/C15H21ClFNO/c1-9(10-5-6-12(17)11(16)7-10)18-13-8-14(19-4)15(13,2)3/h5-7,9,13-14,18H,8H2,1-4H3. The van der Waals surface area contributed by atoms with E-state index in [0.717, 1.165) is 12.0 Å². The SMILES string of the molecule is COC1CC(NC(C)c2ccc(F)c(Cl)c2)C1(C)C. The van der Waals surface area contributed by atoms with Gasteiger partial charge < -0.3 is 10.1 Å². The van der Waals surface area contributed by atoms with Gasteiger partial charge in [-0.3, -0.25) is 0 Å². The minimum Gasteiger partial charge on any atom is -0.381 e. The van der Waals surface area contributed by atoms with Gasteiger partial charge in [-0.25, -0.2) is 4.39 Å². The maximum atomic E-state index is 13.2. The number of hydrogen-bond donors (Lipinski definition) is 1. The Kier molecular flexibility index (Phi) is 4.19. The average Bonchev–Trinajstić information content (AvgIpc) is 2.36. The lowest BCUT2D eigenvalue weighted by Gasteiger charge is -2.52. The van der Waals surface area contributed by atoms with Crippen LogP contribution in [0.5, 0.6) is 0 Å². The summed E-state index contributed by atoms with van der Waals surface area (Å²) in [6.45, 7) is 6.47. The van der Waals surface area contributed by atoms with Gasteiger partial charge in [0.25, 0.3) is 0 Å². The third-order valence-electron chi connectivity index (χ3n) is 4.36. The van der Waals surface area contributed by atoms with Crippen LogP contribution < -0.4 is 5.32 Å². The van der Waals surface area contributed by atoms with Crippen LogP contribution in [-0.4, -0.2) is 19.3 Å². The van der Waals surface area contributed by atoms with E-state index in [4.69, 9.17) is 16.3 Å². The Hall–Kier alpha value is -0.640. The largest absolute Gasteiger partial charge is 0.381 e. The van der Waals surface area contributed by atoms with Crippen molar-refractivity contribution in [1.29, 1.82) is 0 Å². The van der Waals surface area contributed by atoms with Gasteiger partial charge >= 0.3 is 0 Å². The first-order chi connectivity index (χ1) is 8.86. The molecule has 0 heterocycles. The van der Waals surface area contributed by atoms with E-state index in [1.54, 1.807) is 19.2 Å². The van der Waals surface area contributed by atoms with Gasteiger partial charge in [0.15, 0.2) is 0 Å². The molecular weight excluding hydrogens is 265 g/mol. The summed E-state index contributed by atoms with van der Waals surface area (Å²) in [5.74, 6) is -0.374. The Morgan fingerprint density at radius 3 is 2.68 bits per heavy atom. The van der Waals surface area contributed by atoms with Crippen molar-refractivity contribution in [3.05, 3.63) is 34.6 Å². The molecule has 0 spiro atoms. The highest BCUT2D eigenvalue weighted by molar-refractivity contribution is 6.30. The molecule has 0 aliphatic heterocycles. The number of benzene rings is 1. The van der Waals surface area contributed by atoms with E-state index in [1.165, 1.54) is 6.07 Å². The van der Waals surface area contributed by atoms with Gasteiger partial charge in [-0.15, -0.1) is 0 Å². The highest BCUT2D eigenvalue weighted by Crippen LogP contribution is 2.43. The molecule has 0 saturated heterocycles. The number of rotatable bonds is 4. The highest BCUT2D eigenvalue weighted by Gasteiger charge is 2.48. The molecule has 106 valence electrons. The van der Waals surface area contributed by atoms with Gasteiger partial charge in [-0.2, -0.15) is 0 Å². The van der Waals surface area contributed by atoms with Crippen LogP contribution in [-0.2, 0) is 4.74 Å². The molecule has 1 fully saturated rings. The molecular formula is C15H21ClFNO. The maximum Gasteiger partial charge on any atom is 0.141 e. The fourth-order valence-electron chi connectivity index (χ4n) is 2.75. The predicted octanol–water partition coefficient (Wildman–Crippen LogP) is 3.94. The first-order valence-electron chi connectivity index (χ1n) is 6.60. The van der Waals surface area contributed by atoms with E-state index in [2.05, 4.69) is 26.1 Å².